The summed E-state index contributed by atoms with van der Waals surface area (Å²) in [4.78, 5) is 12.7. The number of hydrogen-bond acceptors (Lipinski definition) is 3. The summed E-state index contributed by atoms with van der Waals surface area (Å²) in [6.45, 7) is 1.89. The first-order valence-electron chi connectivity index (χ1n) is 9.22. The fourth-order valence-electron chi connectivity index (χ4n) is 4.27. The fraction of sp³-hybridized carbons (Fsp3) is 0.381. The van der Waals surface area contributed by atoms with Gasteiger partial charge >= 0.3 is 0 Å². The Morgan fingerprint density at radius 1 is 0.962 bits per heavy atom. The zero-order valence-corrected chi connectivity index (χ0v) is 15.8. The molecule has 2 aromatic rings. The van der Waals surface area contributed by atoms with Crippen LogP contribution in [0.15, 0.2) is 35.2 Å². The molecule has 1 N–H and O–H groups in total. The molecule has 0 bridgehead atoms. The lowest BCUT2D eigenvalue weighted by Gasteiger charge is -2.15. The van der Waals surface area contributed by atoms with Crippen LogP contribution in [0, 0.1) is 6.92 Å². The molecule has 0 aliphatic heterocycles. The molecule has 0 fully saturated rings. The third kappa shape index (κ3) is 3.16. The highest BCUT2D eigenvalue weighted by atomic mass is 32.2. The molecule has 4 rings (SSSR count). The highest BCUT2D eigenvalue weighted by molar-refractivity contribution is 7.90. The normalized spacial score (nSPS) is 15.6. The summed E-state index contributed by atoms with van der Waals surface area (Å²) < 4.78 is 27.2. The van der Waals surface area contributed by atoms with E-state index in [1.165, 1.54) is 34.4 Å². The number of benzene rings is 2. The highest BCUT2D eigenvalue weighted by Gasteiger charge is 2.26. The van der Waals surface area contributed by atoms with Gasteiger partial charge in [0.25, 0.3) is 10.0 Å². The van der Waals surface area contributed by atoms with E-state index in [-0.39, 0.29) is 11.3 Å². The number of sulfonamides is 1. The molecule has 0 radical (unpaired) electrons. The van der Waals surface area contributed by atoms with Crippen molar-refractivity contribution in [1.82, 2.24) is 4.72 Å². The number of fused-ring (bicyclic) bond motifs is 2. The van der Waals surface area contributed by atoms with Crippen LogP contribution in [0.5, 0.6) is 0 Å². The van der Waals surface area contributed by atoms with Crippen LogP contribution in [-0.4, -0.2) is 14.3 Å². The van der Waals surface area contributed by atoms with Gasteiger partial charge in [0.05, 0.1) is 11.3 Å². The summed E-state index contributed by atoms with van der Waals surface area (Å²) in [6, 6.07) is 8.84. The molecule has 2 aromatic carbocycles. The van der Waals surface area contributed by atoms with Crippen LogP contribution in [-0.2, 0) is 46.9 Å². The van der Waals surface area contributed by atoms with Crippen molar-refractivity contribution in [3.8, 4) is 0 Å². The van der Waals surface area contributed by atoms with E-state index in [0.717, 1.165) is 49.7 Å². The summed E-state index contributed by atoms with van der Waals surface area (Å²) in [5.74, 6) is -0.444. The van der Waals surface area contributed by atoms with E-state index in [1.54, 1.807) is 12.1 Å². The molecule has 136 valence electrons. The number of aryl methyl sites for hydroxylation is 3. The van der Waals surface area contributed by atoms with Gasteiger partial charge in [0.15, 0.2) is 0 Å². The van der Waals surface area contributed by atoms with Crippen LogP contribution in [0.3, 0.4) is 0 Å². The standard InChI is InChI=1S/C21H23NO3S/c1-14-8-10-17(11-9-14)26(24,25)22-21(23)13-20-18-6-2-4-15(18)12-16-5-3-7-19(16)20/h8-12H,2-7,13H2,1H3,(H,22,23). The van der Waals surface area contributed by atoms with E-state index < -0.39 is 15.9 Å². The van der Waals surface area contributed by atoms with Crippen LogP contribution < -0.4 is 4.72 Å². The molecule has 4 nitrogen and oxygen atoms in total. The molecule has 5 heteroatoms. The lowest BCUT2D eigenvalue weighted by Crippen LogP contribution is -2.32. The van der Waals surface area contributed by atoms with E-state index in [9.17, 15) is 13.2 Å². The summed E-state index contributed by atoms with van der Waals surface area (Å²) in [7, 11) is -3.82. The maximum Gasteiger partial charge on any atom is 0.264 e. The van der Waals surface area contributed by atoms with Gasteiger partial charge in [-0.05, 0) is 85.4 Å². The topological polar surface area (TPSA) is 63.2 Å². The van der Waals surface area contributed by atoms with Crippen molar-refractivity contribution in [1.29, 1.82) is 0 Å². The minimum Gasteiger partial charge on any atom is -0.274 e. The van der Waals surface area contributed by atoms with Gasteiger partial charge in [-0.25, -0.2) is 13.1 Å². The first kappa shape index (κ1) is 17.3. The summed E-state index contributed by atoms with van der Waals surface area (Å²) >= 11 is 0. The molecule has 2 aliphatic rings. The van der Waals surface area contributed by atoms with Crippen LogP contribution in [0.2, 0.25) is 0 Å². The van der Waals surface area contributed by atoms with Gasteiger partial charge in [-0.2, -0.15) is 0 Å². The highest BCUT2D eigenvalue weighted by Crippen LogP contribution is 2.35. The van der Waals surface area contributed by atoms with E-state index >= 15 is 0 Å². The average Bonchev–Trinajstić information content (AvgIpc) is 3.23. The molecule has 0 spiro atoms. The van der Waals surface area contributed by atoms with Gasteiger partial charge < -0.3 is 0 Å². The molecule has 0 unspecified atom stereocenters. The third-order valence-electron chi connectivity index (χ3n) is 5.51. The third-order valence-corrected chi connectivity index (χ3v) is 6.90. The van der Waals surface area contributed by atoms with Gasteiger partial charge in [0.2, 0.25) is 5.91 Å². The Morgan fingerprint density at radius 3 is 2.12 bits per heavy atom. The van der Waals surface area contributed by atoms with Crippen LogP contribution in [0.4, 0.5) is 0 Å². The quantitative estimate of drug-likeness (QED) is 0.901. The second-order valence-electron chi connectivity index (χ2n) is 7.36. The maximum absolute atomic E-state index is 12.6. The van der Waals surface area contributed by atoms with Gasteiger partial charge in [0, 0.05) is 0 Å². The van der Waals surface area contributed by atoms with Crippen molar-refractivity contribution < 1.29 is 13.2 Å². The predicted molar refractivity (Wildman–Crippen MR) is 101 cm³/mol. The number of hydrogen-bond donors (Lipinski definition) is 1. The van der Waals surface area contributed by atoms with E-state index in [4.69, 9.17) is 0 Å². The van der Waals surface area contributed by atoms with E-state index in [2.05, 4.69) is 10.8 Å². The first-order chi connectivity index (χ1) is 12.4. The van der Waals surface area contributed by atoms with Crippen molar-refractivity contribution in [3.05, 3.63) is 63.7 Å². The molecule has 1 amide bonds. The number of carbonyl (C=O) groups is 1. The summed E-state index contributed by atoms with van der Waals surface area (Å²) in [5, 5.41) is 0. The molecule has 26 heavy (non-hydrogen) atoms. The molecule has 0 saturated heterocycles. The second kappa shape index (κ2) is 6.54. The maximum atomic E-state index is 12.6. The monoisotopic (exact) mass is 369 g/mol. The lowest BCUT2D eigenvalue weighted by atomic mass is 9.92. The van der Waals surface area contributed by atoms with Gasteiger partial charge in [0.1, 0.15) is 0 Å². The van der Waals surface area contributed by atoms with Crippen molar-refractivity contribution in [2.45, 2.75) is 56.8 Å². The molecule has 2 aliphatic carbocycles. The zero-order valence-electron chi connectivity index (χ0n) is 15.0. The Bertz CT molecular complexity index is 943. The fourth-order valence-corrected chi connectivity index (χ4v) is 5.25. The smallest absolute Gasteiger partial charge is 0.264 e. The summed E-state index contributed by atoms with van der Waals surface area (Å²) in [6.07, 6.45) is 6.52. The molecular weight excluding hydrogens is 346 g/mol. The minimum absolute atomic E-state index is 0.125. The van der Waals surface area contributed by atoms with Gasteiger partial charge in [-0.15, -0.1) is 0 Å². The van der Waals surface area contributed by atoms with E-state index in [0.29, 0.717) is 0 Å². The van der Waals surface area contributed by atoms with Gasteiger partial charge in [-0.1, -0.05) is 23.8 Å². The Morgan fingerprint density at radius 2 is 1.54 bits per heavy atom. The Hall–Kier alpha value is -2.14. The van der Waals surface area contributed by atoms with Crippen molar-refractivity contribution in [2.24, 2.45) is 0 Å². The van der Waals surface area contributed by atoms with Crippen molar-refractivity contribution in [2.75, 3.05) is 0 Å². The molecule has 0 saturated carbocycles. The number of carbonyl (C=O) groups excluding carboxylic acids is 1. The van der Waals surface area contributed by atoms with Crippen LogP contribution in [0.25, 0.3) is 0 Å². The summed E-state index contributed by atoms with van der Waals surface area (Å²) in [5.41, 5.74) is 7.35. The van der Waals surface area contributed by atoms with Gasteiger partial charge in [-0.3, -0.25) is 4.79 Å². The molecule has 0 atom stereocenters. The Labute approximate surface area is 154 Å². The first-order valence-corrected chi connectivity index (χ1v) is 10.7. The molecule has 0 aromatic heterocycles. The second-order valence-corrected chi connectivity index (χ2v) is 9.04. The molecule has 0 heterocycles. The lowest BCUT2D eigenvalue weighted by molar-refractivity contribution is -0.118. The average molecular weight is 369 g/mol. The minimum atomic E-state index is -3.82. The van der Waals surface area contributed by atoms with Crippen molar-refractivity contribution >= 4 is 15.9 Å². The van der Waals surface area contributed by atoms with E-state index in [1.807, 2.05) is 6.92 Å². The SMILES string of the molecule is Cc1ccc(S(=O)(=O)NC(=O)Cc2c3c(cc4c2CCC4)CCC3)cc1. The Balaban J connectivity index is 1.59. The number of amides is 1. The molecular formula is C21H23NO3S. The Kier molecular flexibility index (Phi) is 4.35. The predicted octanol–water partition coefficient (Wildman–Crippen LogP) is 3.02. The van der Waals surface area contributed by atoms with Crippen LogP contribution >= 0.6 is 0 Å². The largest absolute Gasteiger partial charge is 0.274 e. The van der Waals surface area contributed by atoms with Crippen molar-refractivity contribution in [3.63, 3.8) is 0 Å². The number of rotatable bonds is 4. The van der Waals surface area contributed by atoms with Crippen LogP contribution in [0.1, 0.15) is 46.2 Å². The zero-order chi connectivity index (χ0) is 18.3. The number of nitrogens with one attached hydrogen (secondary N) is 1.